The van der Waals surface area contributed by atoms with E-state index < -0.39 is 0 Å². The second-order valence-corrected chi connectivity index (χ2v) is 4.63. The van der Waals surface area contributed by atoms with Crippen LogP contribution >= 0.6 is 11.3 Å². The van der Waals surface area contributed by atoms with Gasteiger partial charge in [-0.15, -0.1) is 11.3 Å². The molecule has 2 rings (SSSR count). The van der Waals surface area contributed by atoms with Crippen LogP contribution in [0.2, 0.25) is 0 Å². The van der Waals surface area contributed by atoms with Gasteiger partial charge in [-0.25, -0.2) is 4.98 Å². The van der Waals surface area contributed by atoms with Crippen molar-refractivity contribution in [2.24, 2.45) is 0 Å². The molecule has 1 unspecified atom stereocenters. The van der Waals surface area contributed by atoms with E-state index in [0.717, 1.165) is 24.0 Å². The van der Waals surface area contributed by atoms with Crippen molar-refractivity contribution in [3.05, 3.63) is 16.1 Å². The third kappa shape index (κ3) is 2.15. The molecule has 1 fully saturated rings. The van der Waals surface area contributed by atoms with Crippen molar-refractivity contribution in [1.82, 2.24) is 4.98 Å². The van der Waals surface area contributed by atoms with E-state index in [4.69, 9.17) is 4.74 Å². The lowest BCUT2D eigenvalue weighted by Crippen LogP contribution is -2.02. The average Bonchev–Trinajstić information content (AvgIpc) is 2.94. The molecular formula is C11H17NOS. The Bertz CT molecular complexity index is 293. The first kappa shape index (κ1) is 10.1. The quantitative estimate of drug-likeness (QED) is 0.743. The number of hydrogen-bond acceptors (Lipinski definition) is 3. The zero-order chi connectivity index (χ0) is 9.97. The SMILES string of the molecule is CCOC(CC)c1nc(C2CC2)cs1. The van der Waals surface area contributed by atoms with Crippen LogP contribution < -0.4 is 0 Å². The fourth-order valence-electron chi connectivity index (χ4n) is 1.58. The first-order chi connectivity index (χ1) is 6.85. The molecule has 0 aromatic carbocycles. The summed E-state index contributed by atoms with van der Waals surface area (Å²) in [7, 11) is 0. The highest BCUT2D eigenvalue weighted by Gasteiger charge is 2.27. The van der Waals surface area contributed by atoms with Crippen molar-refractivity contribution < 1.29 is 4.74 Å². The second kappa shape index (κ2) is 4.41. The highest BCUT2D eigenvalue weighted by Crippen LogP contribution is 2.41. The van der Waals surface area contributed by atoms with Gasteiger partial charge in [0.25, 0.3) is 0 Å². The number of ether oxygens (including phenoxy) is 1. The molecule has 1 aromatic heterocycles. The standard InChI is InChI=1S/C11H17NOS/c1-3-10(13-4-2)11-12-9(7-14-11)8-5-6-8/h7-8,10H,3-6H2,1-2H3. The Labute approximate surface area is 89.3 Å². The lowest BCUT2D eigenvalue weighted by molar-refractivity contribution is 0.0595. The zero-order valence-corrected chi connectivity index (χ0v) is 9.64. The molecule has 1 aromatic rings. The van der Waals surface area contributed by atoms with Gasteiger partial charge < -0.3 is 4.74 Å². The molecule has 0 amide bonds. The molecule has 0 radical (unpaired) electrons. The summed E-state index contributed by atoms with van der Waals surface area (Å²) >= 11 is 1.75. The first-order valence-electron chi connectivity index (χ1n) is 5.42. The summed E-state index contributed by atoms with van der Waals surface area (Å²) in [6.07, 6.45) is 3.90. The minimum atomic E-state index is 0.220. The zero-order valence-electron chi connectivity index (χ0n) is 8.82. The van der Waals surface area contributed by atoms with Crippen LogP contribution in [-0.2, 0) is 4.74 Å². The van der Waals surface area contributed by atoms with Gasteiger partial charge in [0.2, 0.25) is 0 Å². The minimum Gasteiger partial charge on any atom is -0.371 e. The van der Waals surface area contributed by atoms with Crippen LogP contribution in [-0.4, -0.2) is 11.6 Å². The molecule has 3 heteroatoms. The summed E-state index contributed by atoms with van der Waals surface area (Å²) in [6.45, 7) is 4.97. The molecule has 0 saturated heterocycles. The van der Waals surface area contributed by atoms with Gasteiger partial charge in [-0.05, 0) is 26.2 Å². The van der Waals surface area contributed by atoms with Crippen LogP contribution in [0.4, 0.5) is 0 Å². The molecular weight excluding hydrogens is 194 g/mol. The summed E-state index contributed by atoms with van der Waals surface area (Å²) in [5, 5.41) is 3.37. The van der Waals surface area contributed by atoms with Gasteiger partial charge in [0.05, 0.1) is 5.69 Å². The number of thiazole rings is 1. The van der Waals surface area contributed by atoms with E-state index in [9.17, 15) is 0 Å². The Morgan fingerprint density at radius 1 is 1.57 bits per heavy atom. The van der Waals surface area contributed by atoms with Crippen LogP contribution in [0.15, 0.2) is 5.38 Å². The Hall–Kier alpha value is -0.410. The predicted octanol–water partition coefficient (Wildman–Crippen LogP) is 3.51. The number of rotatable bonds is 5. The van der Waals surface area contributed by atoms with Gasteiger partial charge in [0, 0.05) is 17.9 Å². The third-order valence-corrected chi connectivity index (χ3v) is 3.50. The number of aromatic nitrogens is 1. The Balaban J connectivity index is 2.05. The molecule has 1 atom stereocenters. The topological polar surface area (TPSA) is 22.1 Å². The predicted molar refractivity (Wildman–Crippen MR) is 58.7 cm³/mol. The first-order valence-corrected chi connectivity index (χ1v) is 6.30. The lowest BCUT2D eigenvalue weighted by Gasteiger charge is -2.11. The third-order valence-electron chi connectivity index (χ3n) is 2.55. The maximum absolute atomic E-state index is 5.64. The molecule has 0 spiro atoms. The van der Waals surface area contributed by atoms with E-state index in [2.05, 4.69) is 17.3 Å². The van der Waals surface area contributed by atoms with Gasteiger partial charge in [-0.1, -0.05) is 6.92 Å². The van der Waals surface area contributed by atoms with Crippen LogP contribution in [0.25, 0.3) is 0 Å². The summed E-state index contributed by atoms with van der Waals surface area (Å²) < 4.78 is 5.64. The van der Waals surface area contributed by atoms with Gasteiger partial charge in [-0.3, -0.25) is 0 Å². The van der Waals surface area contributed by atoms with Gasteiger partial charge >= 0.3 is 0 Å². The maximum Gasteiger partial charge on any atom is 0.122 e. The van der Waals surface area contributed by atoms with E-state index >= 15 is 0 Å². The Morgan fingerprint density at radius 2 is 2.36 bits per heavy atom. The van der Waals surface area contributed by atoms with Crippen molar-refractivity contribution >= 4 is 11.3 Å². The normalized spacial score (nSPS) is 18.4. The molecule has 1 aliphatic rings. The molecule has 0 bridgehead atoms. The van der Waals surface area contributed by atoms with Crippen LogP contribution in [0, 0.1) is 0 Å². The number of hydrogen-bond donors (Lipinski definition) is 0. The lowest BCUT2D eigenvalue weighted by atomic mass is 10.3. The van der Waals surface area contributed by atoms with Gasteiger partial charge in [0.15, 0.2) is 0 Å². The van der Waals surface area contributed by atoms with Crippen molar-refractivity contribution in [3.8, 4) is 0 Å². The maximum atomic E-state index is 5.64. The molecule has 1 heterocycles. The van der Waals surface area contributed by atoms with Crippen LogP contribution in [0.5, 0.6) is 0 Å². The Morgan fingerprint density at radius 3 is 2.93 bits per heavy atom. The smallest absolute Gasteiger partial charge is 0.122 e. The van der Waals surface area contributed by atoms with E-state index in [1.807, 2.05) is 6.92 Å². The fraction of sp³-hybridized carbons (Fsp3) is 0.727. The molecule has 0 aliphatic heterocycles. The van der Waals surface area contributed by atoms with Crippen molar-refractivity contribution in [2.45, 2.75) is 45.1 Å². The highest BCUT2D eigenvalue weighted by atomic mass is 32.1. The summed E-state index contributed by atoms with van der Waals surface area (Å²) in [6, 6.07) is 0. The monoisotopic (exact) mass is 211 g/mol. The van der Waals surface area contributed by atoms with E-state index in [0.29, 0.717) is 0 Å². The highest BCUT2D eigenvalue weighted by molar-refractivity contribution is 7.09. The van der Waals surface area contributed by atoms with Crippen molar-refractivity contribution in [2.75, 3.05) is 6.61 Å². The summed E-state index contributed by atoms with van der Waals surface area (Å²) in [5.74, 6) is 0.763. The van der Waals surface area contributed by atoms with Crippen molar-refractivity contribution in [3.63, 3.8) is 0 Å². The molecule has 78 valence electrons. The molecule has 1 aliphatic carbocycles. The van der Waals surface area contributed by atoms with E-state index in [-0.39, 0.29) is 6.10 Å². The summed E-state index contributed by atoms with van der Waals surface area (Å²) in [5.41, 5.74) is 1.29. The number of nitrogens with zero attached hydrogens (tertiary/aromatic N) is 1. The fourth-order valence-corrected chi connectivity index (χ4v) is 2.61. The Kier molecular flexibility index (Phi) is 3.19. The largest absolute Gasteiger partial charge is 0.371 e. The van der Waals surface area contributed by atoms with Crippen LogP contribution in [0.1, 0.15) is 55.8 Å². The average molecular weight is 211 g/mol. The van der Waals surface area contributed by atoms with Gasteiger partial charge in [0.1, 0.15) is 11.1 Å². The van der Waals surface area contributed by atoms with Gasteiger partial charge in [-0.2, -0.15) is 0 Å². The second-order valence-electron chi connectivity index (χ2n) is 3.74. The van der Waals surface area contributed by atoms with E-state index in [1.54, 1.807) is 11.3 Å². The molecule has 2 nitrogen and oxygen atoms in total. The van der Waals surface area contributed by atoms with Crippen LogP contribution in [0.3, 0.4) is 0 Å². The molecule has 0 N–H and O–H groups in total. The van der Waals surface area contributed by atoms with E-state index in [1.165, 1.54) is 18.5 Å². The molecule has 14 heavy (non-hydrogen) atoms. The molecule has 1 saturated carbocycles. The minimum absolute atomic E-state index is 0.220. The van der Waals surface area contributed by atoms with Crippen molar-refractivity contribution in [1.29, 1.82) is 0 Å². The summed E-state index contributed by atoms with van der Waals surface area (Å²) in [4.78, 5) is 4.66.